The van der Waals surface area contributed by atoms with E-state index >= 15 is 0 Å². The Morgan fingerprint density at radius 2 is 1.62 bits per heavy atom. The average Bonchev–Trinajstić information content (AvgIpc) is 1.84. The molecule has 1 unspecified atom stereocenters. The summed E-state index contributed by atoms with van der Waals surface area (Å²) < 4.78 is 4.83. The summed E-state index contributed by atoms with van der Waals surface area (Å²) in [5.74, 6) is 0. The summed E-state index contributed by atoms with van der Waals surface area (Å²) in [4.78, 5) is 0. The molecule has 0 bridgehead atoms. The number of aliphatic hydroxyl groups is 2. The molecule has 0 saturated carbocycles. The number of hydrogen-bond donors (Lipinski definition) is 2. The Hall–Kier alpha value is -0.120. The van der Waals surface area contributed by atoms with E-state index in [9.17, 15) is 0 Å². The molecule has 82 valence electrons. The fourth-order valence-electron chi connectivity index (χ4n) is 0.927. The largest absolute Gasteiger partial charge is 0.393 e. The zero-order chi connectivity index (χ0) is 10.9. The van der Waals surface area contributed by atoms with Crippen LogP contribution in [0.25, 0.3) is 0 Å². The van der Waals surface area contributed by atoms with Crippen LogP contribution in [0.15, 0.2) is 0 Å². The first kappa shape index (κ1) is 15.4. The lowest BCUT2D eigenvalue weighted by Crippen LogP contribution is -2.24. The summed E-state index contributed by atoms with van der Waals surface area (Å²) in [7, 11) is 0. The van der Waals surface area contributed by atoms with Crippen LogP contribution in [0.5, 0.6) is 0 Å². The van der Waals surface area contributed by atoms with Gasteiger partial charge in [-0.05, 0) is 34.6 Å². The SMILES string of the molecule is CC(O)CC(C)(C)O.CCOCC. The molecule has 1 atom stereocenters. The van der Waals surface area contributed by atoms with Gasteiger partial charge in [-0.15, -0.1) is 0 Å². The molecule has 0 spiro atoms. The minimum absolute atomic E-state index is 0.407. The molecule has 0 aromatic carbocycles. The van der Waals surface area contributed by atoms with Crippen molar-refractivity contribution in [1.82, 2.24) is 0 Å². The normalized spacial score (nSPS) is 13.2. The van der Waals surface area contributed by atoms with E-state index in [1.54, 1.807) is 20.8 Å². The van der Waals surface area contributed by atoms with Gasteiger partial charge in [0.25, 0.3) is 0 Å². The molecule has 3 nitrogen and oxygen atoms in total. The van der Waals surface area contributed by atoms with E-state index in [1.807, 2.05) is 13.8 Å². The topological polar surface area (TPSA) is 49.7 Å². The maximum atomic E-state index is 9.03. The minimum atomic E-state index is -0.728. The van der Waals surface area contributed by atoms with Crippen LogP contribution >= 0.6 is 0 Å². The Labute approximate surface area is 81.7 Å². The number of aliphatic hydroxyl groups excluding tert-OH is 1. The highest BCUT2D eigenvalue weighted by atomic mass is 16.5. The first-order valence-electron chi connectivity index (χ1n) is 4.81. The summed E-state index contributed by atoms with van der Waals surface area (Å²) in [6.45, 7) is 10.7. The van der Waals surface area contributed by atoms with Gasteiger partial charge in [0.05, 0.1) is 11.7 Å². The second-order valence-electron chi connectivity index (χ2n) is 3.65. The number of hydrogen-bond acceptors (Lipinski definition) is 3. The third kappa shape index (κ3) is 24.5. The van der Waals surface area contributed by atoms with Gasteiger partial charge in [-0.2, -0.15) is 0 Å². The number of ether oxygens (including phenoxy) is 1. The van der Waals surface area contributed by atoms with E-state index in [-0.39, 0.29) is 0 Å². The fraction of sp³-hybridized carbons (Fsp3) is 1.00. The third-order valence-electron chi connectivity index (χ3n) is 1.20. The van der Waals surface area contributed by atoms with Crippen LogP contribution in [0.4, 0.5) is 0 Å². The van der Waals surface area contributed by atoms with Gasteiger partial charge in [-0.3, -0.25) is 0 Å². The summed E-state index contributed by atoms with van der Waals surface area (Å²) in [5.41, 5.74) is -0.728. The Balaban J connectivity index is 0. The molecule has 0 fully saturated rings. The Morgan fingerprint density at radius 3 is 1.62 bits per heavy atom. The molecule has 0 aliphatic carbocycles. The molecule has 13 heavy (non-hydrogen) atoms. The molecule has 0 radical (unpaired) electrons. The van der Waals surface area contributed by atoms with Gasteiger partial charge >= 0.3 is 0 Å². The van der Waals surface area contributed by atoms with Crippen molar-refractivity contribution in [1.29, 1.82) is 0 Å². The molecule has 2 N–H and O–H groups in total. The quantitative estimate of drug-likeness (QED) is 0.711. The lowest BCUT2D eigenvalue weighted by Gasteiger charge is -2.17. The predicted octanol–water partition coefficient (Wildman–Crippen LogP) is 1.57. The van der Waals surface area contributed by atoms with Gasteiger partial charge < -0.3 is 14.9 Å². The highest BCUT2D eigenvalue weighted by molar-refractivity contribution is 4.67. The van der Waals surface area contributed by atoms with Crippen LogP contribution in [-0.2, 0) is 4.74 Å². The van der Waals surface area contributed by atoms with Crippen molar-refractivity contribution in [3.63, 3.8) is 0 Å². The average molecular weight is 192 g/mol. The summed E-state index contributed by atoms with van der Waals surface area (Å²) in [5, 5.41) is 17.8. The zero-order valence-corrected chi connectivity index (χ0v) is 9.50. The second-order valence-corrected chi connectivity index (χ2v) is 3.65. The van der Waals surface area contributed by atoms with Crippen molar-refractivity contribution >= 4 is 0 Å². The van der Waals surface area contributed by atoms with E-state index in [4.69, 9.17) is 14.9 Å². The third-order valence-corrected chi connectivity index (χ3v) is 1.20. The first-order valence-corrected chi connectivity index (χ1v) is 4.81. The van der Waals surface area contributed by atoms with Crippen LogP contribution in [0.2, 0.25) is 0 Å². The van der Waals surface area contributed by atoms with Crippen LogP contribution in [0, 0.1) is 0 Å². The van der Waals surface area contributed by atoms with Crippen molar-refractivity contribution in [3.8, 4) is 0 Å². The molecule has 0 aliphatic heterocycles. The smallest absolute Gasteiger partial charge is 0.0616 e. The number of rotatable bonds is 4. The highest BCUT2D eigenvalue weighted by Crippen LogP contribution is 2.09. The lowest BCUT2D eigenvalue weighted by molar-refractivity contribution is 0.0249. The van der Waals surface area contributed by atoms with Gasteiger partial charge in [0.2, 0.25) is 0 Å². The maximum Gasteiger partial charge on any atom is 0.0616 e. The van der Waals surface area contributed by atoms with Crippen molar-refractivity contribution in [2.45, 2.75) is 52.7 Å². The lowest BCUT2D eigenvalue weighted by atomic mass is 10.0. The summed E-state index contributed by atoms with van der Waals surface area (Å²) in [6.07, 6.45) is 0.0301. The Kier molecular flexibility index (Phi) is 10.0. The maximum absolute atomic E-state index is 9.03. The molecule has 0 amide bonds. The zero-order valence-electron chi connectivity index (χ0n) is 9.50. The van der Waals surface area contributed by atoms with Gasteiger partial charge in [0.1, 0.15) is 0 Å². The van der Waals surface area contributed by atoms with Crippen molar-refractivity contribution in [2.24, 2.45) is 0 Å². The van der Waals surface area contributed by atoms with E-state index < -0.39 is 11.7 Å². The van der Waals surface area contributed by atoms with Crippen LogP contribution in [-0.4, -0.2) is 35.1 Å². The van der Waals surface area contributed by atoms with Gasteiger partial charge in [0.15, 0.2) is 0 Å². The van der Waals surface area contributed by atoms with E-state index in [2.05, 4.69) is 0 Å². The molecule has 0 aromatic heterocycles. The molecule has 3 heteroatoms. The molecule has 0 rings (SSSR count). The monoisotopic (exact) mass is 192 g/mol. The Morgan fingerprint density at radius 1 is 1.23 bits per heavy atom. The minimum Gasteiger partial charge on any atom is -0.393 e. The molecule has 0 aromatic rings. The standard InChI is InChI=1S/C6H14O2.C4H10O/c1-5(7)4-6(2,3)8;1-3-5-4-2/h5,7-8H,4H2,1-3H3;3-4H2,1-2H3. The van der Waals surface area contributed by atoms with Crippen LogP contribution in [0.1, 0.15) is 41.0 Å². The molecule has 0 saturated heterocycles. The van der Waals surface area contributed by atoms with E-state index in [0.717, 1.165) is 13.2 Å². The predicted molar refractivity (Wildman–Crippen MR) is 54.8 cm³/mol. The second kappa shape index (κ2) is 8.48. The molecular formula is C10H24O3. The van der Waals surface area contributed by atoms with Gasteiger partial charge in [-0.1, -0.05) is 0 Å². The van der Waals surface area contributed by atoms with E-state index in [1.165, 1.54) is 0 Å². The first-order chi connectivity index (χ1) is 5.83. The fourth-order valence-corrected chi connectivity index (χ4v) is 0.927. The van der Waals surface area contributed by atoms with E-state index in [0.29, 0.717) is 6.42 Å². The molecular weight excluding hydrogens is 168 g/mol. The van der Waals surface area contributed by atoms with Gasteiger partial charge in [-0.25, -0.2) is 0 Å². The van der Waals surface area contributed by atoms with Crippen molar-refractivity contribution in [3.05, 3.63) is 0 Å². The van der Waals surface area contributed by atoms with Gasteiger partial charge in [0, 0.05) is 19.6 Å². The molecule has 0 heterocycles. The Bertz CT molecular complexity index is 92.8. The molecule has 0 aliphatic rings. The summed E-state index contributed by atoms with van der Waals surface area (Å²) in [6, 6.07) is 0. The van der Waals surface area contributed by atoms with Crippen molar-refractivity contribution < 1.29 is 14.9 Å². The van der Waals surface area contributed by atoms with Crippen LogP contribution < -0.4 is 0 Å². The van der Waals surface area contributed by atoms with Crippen LogP contribution in [0.3, 0.4) is 0 Å². The summed E-state index contributed by atoms with van der Waals surface area (Å²) >= 11 is 0. The van der Waals surface area contributed by atoms with Crippen molar-refractivity contribution in [2.75, 3.05) is 13.2 Å². The highest BCUT2D eigenvalue weighted by Gasteiger charge is 2.14.